The van der Waals surface area contributed by atoms with Crippen LogP contribution in [0.3, 0.4) is 0 Å². The number of hydrogen-bond donors (Lipinski definition) is 2. The van der Waals surface area contributed by atoms with Crippen LogP contribution in [0.1, 0.15) is 42.6 Å². The summed E-state index contributed by atoms with van der Waals surface area (Å²) >= 11 is 0. The summed E-state index contributed by atoms with van der Waals surface area (Å²) in [4.78, 5) is 11.7. The Bertz CT molecular complexity index is 580. The maximum absolute atomic E-state index is 11.7. The van der Waals surface area contributed by atoms with E-state index in [2.05, 4.69) is 0 Å². The zero-order valence-corrected chi connectivity index (χ0v) is 12.5. The minimum absolute atomic E-state index is 0. The first-order chi connectivity index (χ1) is 9.15. The lowest BCUT2D eigenvalue weighted by molar-refractivity contribution is 0.0941. The molecule has 0 aliphatic rings. The van der Waals surface area contributed by atoms with E-state index in [0.717, 1.165) is 35.7 Å². The third kappa shape index (κ3) is 3.39. The first kappa shape index (κ1) is 16.7. The second-order valence-electron chi connectivity index (χ2n) is 4.88. The van der Waals surface area contributed by atoms with Crippen LogP contribution in [0.2, 0.25) is 0 Å². The number of aromatic nitrogens is 1. The van der Waals surface area contributed by atoms with E-state index in [1.165, 1.54) is 0 Å². The topological polar surface area (TPSA) is 74.0 Å². The van der Waals surface area contributed by atoms with Crippen LogP contribution in [-0.4, -0.2) is 17.0 Å². The highest BCUT2D eigenvalue weighted by molar-refractivity contribution is 5.93. The van der Waals surface area contributed by atoms with Crippen LogP contribution in [0.5, 0.6) is 0 Å². The molecule has 2 rings (SSSR count). The zero-order valence-electron chi connectivity index (χ0n) is 11.7. The molecule has 0 aliphatic carbocycles. The Hall–Kier alpha value is -1.36. The first-order valence-electron chi connectivity index (χ1n) is 6.71. The van der Waals surface area contributed by atoms with Gasteiger partial charge in [-0.05, 0) is 31.0 Å². The molecule has 0 saturated heterocycles. The lowest BCUT2D eigenvalue weighted by Crippen LogP contribution is -2.11. The van der Waals surface area contributed by atoms with E-state index in [1.54, 1.807) is 11.5 Å². The van der Waals surface area contributed by atoms with Gasteiger partial charge < -0.3 is 11.5 Å². The molecule has 0 aliphatic heterocycles. The fourth-order valence-corrected chi connectivity index (χ4v) is 2.43. The van der Waals surface area contributed by atoms with Crippen LogP contribution in [0.25, 0.3) is 10.9 Å². The van der Waals surface area contributed by atoms with Crippen molar-refractivity contribution in [2.75, 3.05) is 6.54 Å². The molecule has 4 N–H and O–H groups in total. The number of benzene rings is 1. The highest BCUT2D eigenvalue weighted by atomic mass is 35.5. The molecule has 4 nitrogen and oxygen atoms in total. The fraction of sp³-hybridized carbons (Fsp3) is 0.400. The predicted octanol–water partition coefficient (Wildman–Crippen LogP) is 2.85. The molecule has 0 bridgehead atoms. The summed E-state index contributed by atoms with van der Waals surface area (Å²) in [5.41, 5.74) is 13.7. The van der Waals surface area contributed by atoms with Gasteiger partial charge in [0.25, 0.3) is 0 Å². The van der Waals surface area contributed by atoms with Crippen LogP contribution in [0, 0.1) is 0 Å². The quantitative estimate of drug-likeness (QED) is 0.833. The van der Waals surface area contributed by atoms with Gasteiger partial charge >= 0.3 is 0 Å². The molecule has 0 radical (unpaired) electrons. The minimum atomic E-state index is -0.0444. The monoisotopic (exact) mass is 295 g/mol. The van der Waals surface area contributed by atoms with Gasteiger partial charge in [-0.15, -0.1) is 12.4 Å². The van der Waals surface area contributed by atoms with Gasteiger partial charge in [-0.25, -0.2) is 0 Å². The Morgan fingerprint density at radius 1 is 1.30 bits per heavy atom. The van der Waals surface area contributed by atoms with Gasteiger partial charge in [0.05, 0.1) is 5.52 Å². The summed E-state index contributed by atoms with van der Waals surface area (Å²) in [6, 6.07) is 7.84. The van der Waals surface area contributed by atoms with Gasteiger partial charge in [0.15, 0.2) is 0 Å². The molecule has 20 heavy (non-hydrogen) atoms. The summed E-state index contributed by atoms with van der Waals surface area (Å²) < 4.78 is 1.67. The summed E-state index contributed by atoms with van der Waals surface area (Å²) in [6.07, 6.45) is 4.76. The molecule has 0 saturated carbocycles. The van der Waals surface area contributed by atoms with E-state index in [-0.39, 0.29) is 24.4 Å². The van der Waals surface area contributed by atoms with Crippen LogP contribution < -0.4 is 11.5 Å². The molecule has 1 aromatic carbocycles. The fourth-order valence-electron chi connectivity index (χ4n) is 2.43. The highest BCUT2D eigenvalue weighted by Gasteiger charge is 2.15. The molecule has 1 atom stereocenters. The van der Waals surface area contributed by atoms with E-state index in [9.17, 15) is 4.79 Å². The van der Waals surface area contributed by atoms with Gasteiger partial charge in [-0.2, -0.15) is 0 Å². The summed E-state index contributed by atoms with van der Waals surface area (Å²) in [5.74, 6) is 0.0107. The second kappa shape index (κ2) is 7.43. The third-order valence-electron chi connectivity index (χ3n) is 3.45. The van der Waals surface area contributed by atoms with E-state index < -0.39 is 0 Å². The first-order valence-corrected chi connectivity index (χ1v) is 6.71. The maximum Gasteiger partial charge on any atom is 0.227 e. The molecule has 1 aromatic heterocycles. The van der Waals surface area contributed by atoms with Crippen molar-refractivity contribution in [1.29, 1.82) is 0 Å². The predicted molar refractivity (Wildman–Crippen MR) is 85.3 cm³/mol. The van der Waals surface area contributed by atoms with Crippen molar-refractivity contribution >= 4 is 29.2 Å². The van der Waals surface area contributed by atoms with Crippen molar-refractivity contribution in [2.45, 2.75) is 32.2 Å². The Kier molecular flexibility index (Phi) is 6.20. The Morgan fingerprint density at radius 2 is 2.00 bits per heavy atom. The summed E-state index contributed by atoms with van der Waals surface area (Å²) in [5, 5.41) is 1.07. The van der Waals surface area contributed by atoms with Crippen molar-refractivity contribution in [1.82, 2.24) is 4.57 Å². The number of carbonyl (C=O) groups excluding carboxylic acids is 1. The van der Waals surface area contributed by atoms with Gasteiger partial charge in [0, 0.05) is 24.5 Å². The van der Waals surface area contributed by atoms with E-state index in [4.69, 9.17) is 11.5 Å². The number of nitrogens with two attached hydrogens (primary N) is 2. The van der Waals surface area contributed by atoms with E-state index >= 15 is 0 Å². The van der Waals surface area contributed by atoms with Gasteiger partial charge in [0.2, 0.25) is 5.91 Å². The second-order valence-corrected chi connectivity index (χ2v) is 4.88. The molecular formula is C15H22ClN3O. The number of para-hydroxylation sites is 1. The zero-order chi connectivity index (χ0) is 13.8. The van der Waals surface area contributed by atoms with Gasteiger partial charge in [-0.1, -0.05) is 24.6 Å². The number of rotatable bonds is 5. The Morgan fingerprint density at radius 3 is 2.65 bits per heavy atom. The minimum Gasteiger partial charge on any atom is -0.330 e. The van der Waals surface area contributed by atoms with Gasteiger partial charge in [0.1, 0.15) is 0 Å². The lowest BCUT2D eigenvalue weighted by atomic mass is 10.0. The van der Waals surface area contributed by atoms with Crippen molar-refractivity contribution in [3.63, 3.8) is 0 Å². The maximum atomic E-state index is 11.7. The van der Waals surface area contributed by atoms with E-state index in [1.807, 2.05) is 30.5 Å². The number of nitrogens with zero attached hydrogens (tertiary/aromatic N) is 1. The average molecular weight is 296 g/mol. The molecule has 0 amide bonds. The molecule has 1 heterocycles. The van der Waals surface area contributed by atoms with Crippen LogP contribution in [0.15, 0.2) is 30.5 Å². The largest absolute Gasteiger partial charge is 0.330 e. The molecular weight excluding hydrogens is 274 g/mol. The van der Waals surface area contributed by atoms with Crippen LogP contribution in [-0.2, 0) is 0 Å². The van der Waals surface area contributed by atoms with Crippen LogP contribution in [0.4, 0.5) is 0 Å². The number of unbranched alkanes of at least 4 members (excludes halogenated alkanes) is 1. The summed E-state index contributed by atoms with van der Waals surface area (Å²) in [6.45, 7) is 2.26. The molecule has 0 fully saturated rings. The average Bonchev–Trinajstić information content (AvgIpc) is 2.78. The van der Waals surface area contributed by atoms with Crippen LogP contribution >= 0.6 is 12.4 Å². The molecule has 0 unspecified atom stereocenters. The SMILES string of the molecule is CC(=O)n1cc([C@@H](N)CCCCN)c2ccccc21.Cl. The number of fused-ring (bicyclic) bond motifs is 1. The van der Waals surface area contributed by atoms with Crippen molar-refractivity contribution in [2.24, 2.45) is 11.5 Å². The van der Waals surface area contributed by atoms with Crippen molar-refractivity contribution in [3.8, 4) is 0 Å². The smallest absolute Gasteiger partial charge is 0.227 e. The molecule has 0 spiro atoms. The third-order valence-corrected chi connectivity index (χ3v) is 3.45. The summed E-state index contributed by atoms with van der Waals surface area (Å²) in [7, 11) is 0. The number of hydrogen-bond acceptors (Lipinski definition) is 3. The highest BCUT2D eigenvalue weighted by Crippen LogP contribution is 2.27. The van der Waals surface area contributed by atoms with Crippen molar-refractivity contribution in [3.05, 3.63) is 36.0 Å². The number of halogens is 1. The molecule has 110 valence electrons. The normalized spacial score (nSPS) is 12.2. The van der Waals surface area contributed by atoms with E-state index in [0.29, 0.717) is 6.54 Å². The standard InChI is InChI=1S/C15H21N3O.ClH/c1-11(19)18-10-13(14(17)7-4-5-9-16)12-6-2-3-8-15(12)18;/h2-3,6,8,10,14H,4-5,7,9,16-17H2,1H3;1H/t14-;/m0./s1. The molecule has 2 aromatic rings. The lowest BCUT2D eigenvalue weighted by Gasteiger charge is -2.10. The Labute approximate surface area is 125 Å². The van der Waals surface area contributed by atoms with Crippen molar-refractivity contribution < 1.29 is 4.79 Å². The Balaban J connectivity index is 0.00000200. The van der Waals surface area contributed by atoms with Gasteiger partial charge in [-0.3, -0.25) is 9.36 Å². The molecule has 5 heteroatoms. The number of carbonyl (C=O) groups is 1.